The summed E-state index contributed by atoms with van der Waals surface area (Å²) in [5, 5.41) is 0. The highest BCUT2D eigenvalue weighted by atomic mass is 33.1. The Morgan fingerprint density at radius 2 is 2.05 bits per heavy atom. The zero-order chi connectivity index (χ0) is 14.1. The third-order valence-electron chi connectivity index (χ3n) is 2.43. The molecule has 98 valence electrons. The monoisotopic (exact) mass is 290 g/mol. The summed E-state index contributed by atoms with van der Waals surface area (Å²) in [7, 11) is 8.47. The van der Waals surface area contributed by atoms with Gasteiger partial charge in [-0.2, -0.15) is 0 Å². The van der Waals surface area contributed by atoms with E-state index >= 15 is 0 Å². The van der Waals surface area contributed by atoms with Gasteiger partial charge in [-0.3, -0.25) is 9.52 Å². The highest BCUT2D eigenvalue weighted by Crippen LogP contribution is 2.22. The van der Waals surface area contributed by atoms with Gasteiger partial charge >= 0.3 is 0 Å². The van der Waals surface area contributed by atoms with Crippen molar-refractivity contribution in [3.8, 4) is 0 Å². The molecule has 0 fully saturated rings. The fourth-order valence-corrected chi connectivity index (χ4v) is 2.46. The molecule has 3 nitrogen and oxygen atoms in total. The molecule has 1 atom stereocenters. The van der Waals surface area contributed by atoms with Crippen molar-refractivity contribution in [2.75, 3.05) is 0 Å². The third kappa shape index (κ3) is 5.94. The molecule has 0 saturated heterocycles. The molecular weight excluding hydrogens is 275 g/mol. The Kier molecular flexibility index (Phi) is 7.29. The number of allylic oxidation sites excluding steroid dienone is 1. The van der Waals surface area contributed by atoms with Crippen molar-refractivity contribution in [2.45, 2.75) is 12.2 Å². The second-order valence-corrected chi connectivity index (χ2v) is 5.56. The topological polar surface area (TPSA) is 41.1 Å². The first-order chi connectivity index (χ1) is 9.17. The molecule has 2 radical (unpaired) electrons. The van der Waals surface area contributed by atoms with Gasteiger partial charge < -0.3 is 4.72 Å². The van der Waals surface area contributed by atoms with E-state index < -0.39 is 0 Å². The van der Waals surface area contributed by atoms with E-state index in [1.54, 1.807) is 6.08 Å². The van der Waals surface area contributed by atoms with Gasteiger partial charge in [0.15, 0.2) is 0 Å². The normalized spacial score (nSPS) is 11.4. The molecule has 1 aromatic carbocycles. The molecule has 0 spiro atoms. The number of amides is 1. The Bertz CT molecular complexity index is 437. The highest BCUT2D eigenvalue weighted by Gasteiger charge is 2.07. The third-order valence-corrected chi connectivity index (χ3v) is 3.84. The number of hydrogen-bond acceptors (Lipinski definition) is 4. The second kappa shape index (κ2) is 8.77. The molecule has 1 unspecified atom stereocenters. The van der Waals surface area contributed by atoms with E-state index in [0.29, 0.717) is 12.8 Å². The minimum Gasteiger partial charge on any atom is -0.324 e. The molecule has 1 amide bonds. The zero-order valence-electron chi connectivity index (χ0n) is 10.5. The number of carbonyl (C=O) groups excluding carboxylic acids is 1. The summed E-state index contributed by atoms with van der Waals surface area (Å²) in [6.07, 6.45) is 3.12. The molecule has 0 saturated carbocycles. The molecule has 6 heteroatoms. The van der Waals surface area contributed by atoms with Crippen LogP contribution >= 0.6 is 22.0 Å². The predicted octanol–water partition coefficient (Wildman–Crippen LogP) is 2.89. The van der Waals surface area contributed by atoms with Crippen molar-refractivity contribution in [1.82, 2.24) is 9.44 Å². The van der Waals surface area contributed by atoms with Gasteiger partial charge in [-0.05, 0) is 23.4 Å². The largest absolute Gasteiger partial charge is 0.324 e. The van der Waals surface area contributed by atoms with Crippen molar-refractivity contribution in [3.05, 3.63) is 54.2 Å². The lowest BCUT2D eigenvalue weighted by atomic mass is 9.80. The molecule has 1 rings (SSSR count). The van der Waals surface area contributed by atoms with Crippen LogP contribution in [0.3, 0.4) is 0 Å². The molecule has 0 aliphatic heterocycles. The van der Waals surface area contributed by atoms with Crippen molar-refractivity contribution in [1.29, 1.82) is 0 Å². The first-order valence-electron chi connectivity index (χ1n) is 5.60. The van der Waals surface area contributed by atoms with Crippen LogP contribution in [-0.4, -0.2) is 14.3 Å². The smallest absolute Gasteiger partial charge is 0.217 e. The van der Waals surface area contributed by atoms with Crippen LogP contribution in [0.15, 0.2) is 43.1 Å². The standard InChI is InChI=1S/C13H15BN2OS2/c1-3-11-4-6-12(7-5-11)8-13(14)10(2)16-19-18-15-9-17/h3-7,9,13,16H,1-2,8H2,(H,15,17). The zero-order valence-corrected chi connectivity index (χ0v) is 12.1. The molecule has 0 heterocycles. The maximum atomic E-state index is 10.0. The van der Waals surface area contributed by atoms with E-state index in [1.165, 1.54) is 22.0 Å². The molecule has 0 aromatic heterocycles. The summed E-state index contributed by atoms with van der Waals surface area (Å²) in [5.41, 5.74) is 2.95. The van der Waals surface area contributed by atoms with Gasteiger partial charge in [0.1, 0.15) is 0 Å². The van der Waals surface area contributed by atoms with E-state index in [1.807, 2.05) is 24.3 Å². The first kappa shape index (κ1) is 15.8. The van der Waals surface area contributed by atoms with Crippen LogP contribution in [0.25, 0.3) is 6.08 Å². The molecule has 0 aliphatic carbocycles. The van der Waals surface area contributed by atoms with Gasteiger partial charge in [-0.15, -0.1) is 0 Å². The number of rotatable bonds is 9. The Balaban J connectivity index is 2.39. The summed E-state index contributed by atoms with van der Waals surface area (Å²) >= 11 is 0. The SMILES string of the molecule is [B]C(Cc1ccc(C=C)cc1)C(=C)NSSNC=O. The van der Waals surface area contributed by atoms with Crippen LogP contribution < -0.4 is 9.44 Å². The number of benzene rings is 1. The van der Waals surface area contributed by atoms with Crippen LogP contribution in [0.5, 0.6) is 0 Å². The fourth-order valence-electron chi connectivity index (χ4n) is 1.36. The number of nitrogens with one attached hydrogen (secondary N) is 2. The molecular formula is C13H15BN2OS2. The second-order valence-electron chi connectivity index (χ2n) is 3.79. The van der Waals surface area contributed by atoms with Gasteiger partial charge in [0, 0.05) is 27.7 Å². The average molecular weight is 290 g/mol. The van der Waals surface area contributed by atoms with E-state index in [2.05, 4.69) is 22.6 Å². The highest BCUT2D eigenvalue weighted by molar-refractivity contribution is 8.75. The summed E-state index contributed by atoms with van der Waals surface area (Å²) in [5.74, 6) is -0.182. The predicted molar refractivity (Wildman–Crippen MR) is 86.4 cm³/mol. The van der Waals surface area contributed by atoms with Crippen LogP contribution in [-0.2, 0) is 11.2 Å². The van der Waals surface area contributed by atoms with E-state index in [4.69, 9.17) is 7.85 Å². The lowest BCUT2D eigenvalue weighted by Crippen LogP contribution is -2.11. The van der Waals surface area contributed by atoms with Crippen LogP contribution in [0, 0.1) is 0 Å². The van der Waals surface area contributed by atoms with Crippen molar-refractivity contribution >= 4 is 42.3 Å². The molecule has 1 aromatic rings. The lowest BCUT2D eigenvalue weighted by molar-refractivity contribution is -0.107. The van der Waals surface area contributed by atoms with E-state index in [9.17, 15) is 4.79 Å². The van der Waals surface area contributed by atoms with Crippen LogP contribution in [0.4, 0.5) is 0 Å². The molecule has 0 aliphatic rings. The first-order valence-corrected chi connectivity index (χ1v) is 7.75. The average Bonchev–Trinajstić information content (AvgIpc) is 2.44. The van der Waals surface area contributed by atoms with E-state index in [-0.39, 0.29) is 5.82 Å². The van der Waals surface area contributed by atoms with Gasteiger partial charge in [0.05, 0.1) is 7.85 Å². The van der Waals surface area contributed by atoms with Gasteiger partial charge in [-0.25, -0.2) is 0 Å². The summed E-state index contributed by atoms with van der Waals surface area (Å²) < 4.78 is 5.43. The summed E-state index contributed by atoms with van der Waals surface area (Å²) in [6.45, 7) is 7.59. The number of hydrogen-bond donors (Lipinski definition) is 2. The maximum Gasteiger partial charge on any atom is 0.217 e. The molecule has 2 N–H and O–H groups in total. The van der Waals surface area contributed by atoms with Gasteiger partial charge in [-0.1, -0.05) is 43.5 Å². The summed E-state index contributed by atoms with van der Waals surface area (Å²) in [4.78, 5) is 10.0. The van der Waals surface area contributed by atoms with E-state index in [0.717, 1.165) is 16.8 Å². The number of carbonyl (C=O) groups is 1. The minimum atomic E-state index is -0.182. The van der Waals surface area contributed by atoms with Gasteiger partial charge in [0.25, 0.3) is 0 Å². The molecule has 19 heavy (non-hydrogen) atoms. The quantitative estimate of drug-likeness (QED) is 0.241. The van der Waals surface area contributed by atoms with Crippen LogP contribution in [0.2, 0.25) is 5.82 Å². The minimum absolute atomic E-state index is 0.182. The lowest BCUT2D eigenvalue weighted by Gasteiger charge is -2.16. The Hall–Kier alpha value is -1.27. The summed E-state index contributed by atoms with van der Waals surface area (Å²) in [6, 6.07) is 8.06. The van der Waals surface area contributed by atoms with Crippen molar-refractivity contribution < 1.29 is 4.79 Å². The fraction of sp³-hybridized carbons (Fsp3) is 0.154. The van der Waals surface area contributed by atoms with Crippen LogP contribution in [0.1, 0.15) is 11.1 Å². The van der Waals surface area contributed by atoms with Crippen molar-refractivity contribution in [3.63, 3.8) is 0 Å². The van der Waals surface area contributed by atoms with Crippen molar-refractivity contribution in [2.24, 2.45) is 0 Å². The Labute approximate surface area is 123 Å². The Morgan fingerprint density at radius 1 is 1.37 bits per heavy atom. The molecule has 0 bridgehead atoms. The Morgan fingerprint density at radius 3 is 2.63 bits per heavy atom. The van der Waals surface area contributed by atoms with Gasteiger partial charge in [0.2, 0.25) is 6.41 Å². The maximum absolute atomic E-state index is 10.0.